The fourth-order valence-corrected chi connectivity index (χ4v) is 3.39. The lowest BCUT2D eigenvalue weighted by Gasteiger charge is -2.30. The molecular formula is C20H27F3N2O4. The third-order valence-electron chi connectivity index (χ3n) is 5.12. The van der Waals surface area contributed by atoms with Crippen molar-refractivity contribution in [1.29, 1.82) is 0 Å². The van der Waals surface area contributed by atoms with E-state index in [1.807, 2.05) is 4.90 Å². The van der Waals surface area contributed by atoms with Crippen molar-refractivity contribution in [3.63, 3.8) is 0 Å². The number of hydrogen-bond donors (Lipinski definition) is 1. The van der Waals surface area contributed by atoms with Crippen LogP contribution in [-0.2, 0) is 25.2 Å². The summed E-state index contributed by atoms with van der Waals surface area (Å²) in [5.74, 6) is -0.620. The molecule has 3 rings (SSSR count). The quantitative estimate of drug-likeness (QED) is 0.770. The van der Waals surface area contributed by atoms with Crippen molar-refractivity contribution in [2.45, 2.75) is 44.6 Å². The van der Waals surface area contributed by atoms with Gasteiger partial charge in [-0.1, -0.05) is 0 Å². The zero-order chi connectivity index (χ0) is 20.9. The van der Waals surface area contributed by atoms with Crippen LogP contribution in [0, 0.1) is 0 Å². The minimum atomic E-state index is -4.59. The summed E-state index contributed by atoms with van der Waals surface area (Å²) in [7, 11) is 0. The van der Waals surface area contributed by atoms with Gasteiger partial charge in [-0.05, 0) is 44.4 Å². The standard InChI is InChI=1S/C20H27F3N2O4/c1-14(29-13-16-4-2-3-9-28-16)19(26)24-18-6-5-15(12-17(18)20(21,22)23)25-7-10-27-11-8-25/h5-6,12,14,16H,2-4,7-11,13H2,1H3,(H,24,26). The van der Waals surface area contributed by atoms with E-state index in [0.717, 1.165) is 25.3 Å². The predicted octanol–water partition coefficient (Wildman–Crippen LogP) is 3.45. The van der Waals surface area contributed by atoms with Gasteiger partial charge < -0.3 is 24.4 Å². The summed E-state index contributed by atoms with van der Waals surface area (Å²) in [5, 5.41) is 2.37. The molecule has 1 aromatic rings. The first kappa shape index (κ1) is 21.9. The van der Waals surface area contributed by atoms with Gasteiger partial charge in [0, 0.05) is 25.4 Å². The average Bonchev–Trinajstić information content (AvgIpc) is 2.73. The lowest BCUT2D eigenvalue weighted by atomic mass is 10.1. The first-order valence-electron chi connectivity index (χ1n) is 9.92. The highest BCUT2D eigenvalue weighted by Crippen LogP contribution is 2.37. The van der Waals surface area contributed by atoms with E-state index in [1.165, 1.54) is 13.0 Å². The predicted molar refractivity (Wildman–Crippen MR) is 102 cm³/mol. The van der Waals surface area contributed by atoms with Crippen LogP contribution in [0.4, 0.5) is 24.5 Å². The second kappa shape index (κ2) is 9.77. The van der Waals surface area contributed by atoms with Crippen molar-refractivity contribution in [2.75, 3.05) is 49.7 Å². The maximum atomic E-state index is 13.6. The Labute approximate surface area is 168 Å². The van der Waals surface area contributed by atoms with Gasteiger partial charge in [-0.2, -0.15) is 13.2 Å². The molecule has 2 fully saturated rings. The largest absolute Gasteiger partial charge is 0.418 e. The molecule has 0 saturated carbocycles. The van der Waals surface area contributed by atoms with Gasteiger partial charge >= 0.3 is 6.18 Å². The van der Waals surface area contributed by atoms with Crippen LogP contribution in [0.25, 0.3) is 0 Å². The summed E-state index contributed by atoms with van der Waals surface area (Å²) in [6.07, 6.45) is -2.65. The highest BCUT2D eigenvalue weighted by Gasteiger charge is 2.35. The van der Waals surface area contributed by atoms with E-state index in [9.17, 15) is 18.0 Å². The van der Waals surface area contributed by atoms with Gasteiger partial charge in [0.15, 0.2) is 0 Å². The number of amides is 1. The zero-order valence-electron chi connectivity index (χ0n) is 16.5. The van der Waals surface area contributed by atoms with Crippen LogP contribution < -0.4 is 10.2 Å². The number of carbonyl (C=O) groups excluding carboxylic acids is 1. The van der Waals surface area contributed by atoms with Gasteiger partial charge in [-0.3, -0.25) is 4.79 Å². The van der Waals surface area contributed by atoms with E-state index >= 15 is 0 Å². The molecule has 1 aromatic carbocycles. The van der Waals surface area contributed by atoms with E-state index < -0.39 is 23.8 Å². The van der Waals surface area contributed by atoms with Crippen molar-refractivity contribution in [2.24, 2.45) is 0 Å². The van der Waals surface area contributed by atoms with E-state index in [0.29, 0.717) is 38.6 Å². The third-order valence-corrected chi connectivity index (χ3v) is 5.12. The summed E-state index contributed by atoms with van der Waals surface area (Å²) in [5.41, 5.74) is -0.695. The summed E-state index contributed by atoms with van der Waals surface area (Å²) in [6.45, 7) is 4.43. The van der Waals surface area contributed by atoms with Crippen LogP contribution in [0.3, 0.4) is 0 Å². The Kier molecular flexibility index (Phi) is 7.37. The molecule has 0 radical (unpaired) electrons. The maximum Gasteiger partial charge on any atom is 0.418 e. The minimum absolute atomic E-state index is 0.0717. The number of nitrogens with zero attached hydrogens (tertiary/aromatic N) is 1. The van der Waals surface area contributed by atoms with Crippen LogP contribution in [-0.4, -0.2) is 57.6 Å². The number of halogens is 3. The van der Waals surface area contributed by atoms with Crippen molar-refractivity contribution in [1.82, 2.24) is 0 Å². The van der Waals surface area contributed by atoms with Crippen LogP contribution in [0.5, 0.6) is 0 Å². The fraction of sp³-hybridized carbons (Fsp3) is 0.650. The lowest BCUT2D eigenvalue weighted by molar-refractivity contribution is -0.137. The highest BCUT2D eigenvalue weighted by atomic mass is 19.4. The molecule has 0 aliphatic carbocycles. The Balaban J connectivity index is 1.65. The number of ether oxygens (including phenoxy) is 3. The van der Waals surface area contributed by atoms with Gasteiger partial charge in [0.2, 0.25) is 0 Å². The van der Waals surface area contributed by atoms with Gasteiger partial charge in [-0.15, -0.1) is 0 Å². The maximum absolute atomic E-state index is 13.6. The van der Waals surface area contributed by atoms with Gasteiger partial charge in [0.25, 0.3) is 5.91 Å². The second-order valence-electron chi connectivity index (χ2n) is 7.28. The Morgan fingerprint density at radius 3 is 2.69 bits per heavy atom. The molecule has 2 heterocycles. The molecule has 6 nitrogen and oxygen atoms in total. The molecular weight excluding hydrogens is 389 g/mol. The SMILES string of the molecule is CC(OCC1CCCCO1)C(=O)Nc1ccc(N2CCOCC2)cc1C(F)(F)F. The molecule has 2 saturated heterocycles. The molecule has 2 aliphatic heterocycles. The number of carbonyl (C=O) groups is 1. The molecule has 0 bridgehead atoms. The first-order valence-corrected chi connectivity index (χ1v) is 9.92. The monoisotopic (exact) mass is 416 g/mol. The lowest BCUT2D eigenvalue weighted by Crippen LogP contribution is -2.36. The average molecular weight is 416 g/mol. The zero-order valence-corrected chi connectivity index (χ0v) is 16.5. The van der Waals surface area contributed by atoms with E-state index in [1.54, 1.807) is 6.07 Å². The molecule has 0 spiro atoms. The molecule has 1 N–H and O–H groups in total. The van der Waals surface area contributed by atoms with Gasteiger partial charge in [-0.25, -0.2) is 0 Å². The molecule has 2 unspecified atom stereocenters. The molecule has 2 aliphatic rings. The number of rotatable bonds is 6. The third kappa shape index (κ3) is 6.07. The van der Waals surface area contributed by atoms with Crippen molar-refractivity contribution in [3.05, 3.63) is 23.8 Å². The molecule has 162 valence electrons. The molecule has 0 aromatic heterocycles. The normalized spacial score (nSPS) is 21.7. The molecule has 29 heavy (non-hydrogen) atoms. The topological polar surface area (TPSA) is 60.0 Å². The van der Waals surface area contributed by atoms with Crippen molar-refractivity contribution in [3.8, 4) is 0 Å². The van der Waals surface area contributed by atoms with Crippen LogP contribution in [0.2, 0.25) is 0 Å². The van der Waals surface area contributed by atoms with Crippen LogP contribution in [0.1, 0.15) is 31.7 Å². The second-order valence-corrected chi connectivity index (χ2v) is 7.28. The van der Waals surface area contributed by atoms with E-state index in [4.69, 9.17) is 14.2 Å². The minimum Gasteiger partial charge on any atom is -0.378 e. The van der Waals surface area contributed by atoms with Crippen LogP contribution in [0.15, 0.2) is 18.2 Å². The summed E-state index contributed by atoms with van der Waals surface area (Å²) >= 11 is 0. The summed E-state index contributed by atoms with van der Waals surface area (Å²) in [4.78, 5) is 14.2. The number of alkyl halides is 3. The van der Waals surface area contributed by atoms with E-state index in [2.05, 4.69) is 5.32 Å². The van der Waals surface area contributed by atoms with Gasteiger partial charge in [0.1, 0.15) is 6.10 Å². The highest BCUT2D eigenvalue weighted by molar-refractivity contribution is 5.95. The Bertz CT molecular complexity index is 687. The number of anilines is 2. The number of nitrogens with one attached hydrogen (secondary N) is 1. The Morgan fingerprint density at radius 2 is 2.03 bits per heavy atom. The first-order chi connectivity index (χ1) is 13.8. The van der Waals surface area contributed by atoms with Gasteiger partial charge in [0.05, 0.1) is 37.2 Å². The van der Waals surface area contributed by atoms with E-state index in [-0.39, 0.29) is 18.4 Å². The van der Waals surface area contributed by atoms with Crippen molar-refractivity contribution < 1.29 is 32.2 Å². The molecule has 1 amide bonds. The summed E-state index contributed by atoms with van der Waals surface area (Å²) in [6, 6.07) is 3.95. The Hall–Kier alpha value is -1.84. The smallest absolute Gasteiger partial charge is 0.378 e. The number of hydrogen-bond acceptors (Lipinski definition) is 5. The van der Waals surface area contributed by atoms with Crippen LogP contribution >= 0.6 is 0 Å². The fourth-order valence-electron chi connectivity index (χ4n) is 3.39. The van der Waals surface area contributed by atoms with Crippen molar-refractivity contribution >= 4 is 17.3 Å². The molecule has 9 heteroatoms. The Morgan fingerprint density at radius 1 is 1.28 bits per heavy atom. The molecule has 2 atom stereocenters. The summed E-state index contributed by atoms with van der Waals surface area (Å²) < 4.78 is 57.1. The number of benzene rings is 1. The number of morpholine rings is 1.